The minimum atomic E-state index is -0.825. The van der Waals surface area contributed by atoms with Gasteiger partial charge in [-0.15, -0.1) is 0 Å². The number of ether oxygens (including phenoxy) is 1. The van der Waals surface area contributed by atoms with Crippen LogP contribution in [0.5, 0.6) is 5.88 Å². The Morgan fingerprint density at radius 1 is 1.33 bits per heavy atom. The number of amides is 2. The summed E-state index contributed by atoms with van der Waals surface area (Å²) in [6.07, 6.45) is 8.86. The molecule has 30 heavy (non-hydrogen) atoms. The fraction of sp³-hybridized carbons (Fsp3) is 0.696. The number of nitrogens with zero attached hydrogens (tertiary/aromatic N) is 2. The molecule has 7 nitrogen and oxygen atoms in total. The van der Waals surface area contributed by atoms with E-state index in [0.29, 0.717) is 47.3 Å². The number of hydrogen-bond donors (Lipinski definition) is 2. The van der Waals surface area contributed by atoms with Gasteiger partial charge in [0.2, 0.25) is 11.8 Å². The lowest BCUT2D eigenvalue weighted by Gasteiger charge is -2.88. The Kier molecular flexibility index (Phi) is 4.15. The average Bonchev–Trinajstić information content (AvgIpc) is 3.02. The molecule has 2 amide bonds. The van der Waals surface area contributed by atoms with Gasteiger partial charge < -0.3 is 15.8 Å². The molecule has 0 radical (unpaired) electrons. The summed E-state index contributed by atoms with van der Waals surface area (Å²) >= 11 is 0. The van der Waals surface area contributed by atoms with Gasteiger partial charge in [0.25, 0.3) is 5.91 Å². The molecule has 1 spiro atoms. The van der Waals surface area contributed by atoms with Crippen LogP contribution in [0.4, 0.5) is 0 Å². The van der Waals surface area contributed by atoms with Crippen molar-refractivity contribution in [1.29, 1.82) is 0 Å². The van der Waals surface area contributed by atoms with Crippen LogP contribution in [0, 0.1) is 40.4 Å². The first-order chi connectivity index (χ1) is 14.2. The molecule has 1 aromatic rings. The Morgan fingerprint density at radius 3 is 2.57 bits per heavy atom. The van der Waals surface area contributed by atoms with Crippen molar-refractivity contribution in [3.05, 3.63) is 17.8 Å². The predicted molar refractivity (Wildman–Crippen MR) is 112 cm³/mol. The molecule has 0 bridgehead atoms. The van der Waals surface area contributed by atoms with Crippen molar-refractivity contribution in [2.45, 2.75) is 53.0 Å². The van der Waals surface area contributed by atoms with Gasteiger partial charge in [0.05, 0.1) is 18.2 Å². The standard InChI is InChI=1S/C23H32N4O3/c1-12(2)11-30-20-15(10-25-27(20)6-5-22(3,4)21(24)29)19(28)26-18-16-8-13-7-14-9-17(18)23(13,14)16/h5-6,10,12-14,16-18H,7-9,11H2,1-4H3,(H2,24,29)(H,26,28)/b6-5+. The second-order valence-corrected chi connectivity index (χ2v) is 10.7. The topological polar surface area (TPSA) is 99.2 Å². The lowest BCUT2D eigenvalue weighted by molar-refractivity contribution is -0.389. The molecule has 4 saturated carbocycles. The van der Waals surface area contributed by atoms with Crippen molar-refractivity contribution in [2.24, 2.45) is 46.2 Å². The lowest BCUT2D eigenvalue weighted by atomic mass is 9.17. The molecular formula is C23H32N4O3. The van der Waals surface area contributed by atoms with Crippen molar-refractivity contribution in [3.63, 3.8) is 0 Å². The van der Waals surface area contributed by atoms with Crippen LogP contribution in [0.1, 0.15) is 57.3 Å². The van der Waals surface area contributed by atoms with E-state index in [-0.39, 0.29) is 5.91 Å². The van der Waals surface area contributed by atoms with Gasteiger partial charge in [0, 0.05) is 12.2 Å². The second-order valence-electron chi connectivity index (χ2n) is 10.7. The monoisotopic (exact) mass is 412 g/mol. The first kappa shape index (κ1) is 19.6. The Morgan fingerprint density at radius 2 is 2.00 bits per heavy atom. The van der Waals surface area contributed by atoms with Gasteiger partial charge in [-0.2, -0.15) is 5.10 Å². The highest BCUT2D eigenvalue weighted by Gasteiger charge is 2.84. The number of nitrogens with one attached hydrogen (secondary N) is 1. The maximum absolute atomic E-state index is 13.1. The zero-order valence-corrected chi connectivity index (χ0v) is 18.2. The van der Waals surface area contributed by atoms with E-state index in [1.54, 1.807) is 32.3 Å². The molecule has 7 heteroatoms. The molecule has 4 unspecified atom stereocenters. The Balaban J connectivity index is 1.33. The van der Waals surface area contributed by atoms with Crippen LogP contribution in [0.25, 0.3) is 6.20 Å². The van der Waals surface area contributed by atoms with E-state index >= 15 is 0 Å². The highest BCUT2D eigenvalue weighted by Crippen LogP contribution is 2.87. The molecule has 1 heterocycles. The molecule has 162 valence electrons. The summed E-state index contributed by atoms with van der Waals surface area (Å²) in [5.74, 6) is 3.39. The van der Waals surface area contributed by atoms with Crippen LogP contribution in [0.2, 0.25) is 0 Å². The SMILES string of the molecule is CC(C)COc1c(C(=O)NC2C3CC4CC5CC2C453)cnn1/C=C/C(C)(C)C(N)=O. The number of carbonyl (C=O) groups is 2. The smallest absolute Gasteiger partial charge is 0.258 e. The highest BCUT2D eigenvalue weighted by atomic mass is 16.5. The Bertz CT molecular complexity index is 909. The van der Waals surface area contributed by atoms with Gasteiger partial charge in [-0.25, -0.2) is 4.68 Å². The van der Waals surface area contributed by atoms with Gasteiger partial charge in [-0.05, 0) is 68.1 Å². The highest BCUT2D eigenvalue weighted by molar-refractivity contribution is 5.97. The van der Waals surface area contributed by atoms with Gasteiger partial charge in [0.1, 0.15) is 5.56 Å². The number of primary amides is 1. The van der Waals surface area contributed by atoms with Crippen LogP contribution in [-0.4, -0.2) is 34.2 Å². The summed E-state index contributed by atoms with van der Waals surface area (Å²) in [5, 5.41) is 7.63. The maximum Gasteiger partial charge on any atom is 0.258 e. The largest absolute Gasteiger partial charge is 0.477 e. The van der Waals surface area contributed by atoms with E-state index in [0.717, 1.165) is 11.8 Å². The summed E-state index contributed by atoms with van der Waals surface area (Å²) in [4.78, 5) is 24.8. The molecule has 4 fully saturated rings. The summed E-state index contributed by atoms with van der Waals surface area (Å²) in [5.41, 5.74) is 5.69. The minimum Gasteiger partial charge on any atom is -0.477 e. The molecule has 4 atom stereocenters. The lowest BCUT2D eigenvalue weighted by Crippen LogP contribution is -2.87. The zero-order chi connectivity index (χ0) is 21.4. The van der Waals surface area contributed by atoms with Crippen LogP contribution in [0.15, 0.2) is 12.3 Å². The number of carbonyl (C=O) groups excluding carboxylic acids is 2. The molecule has 5 rings (SSSR count). The molecule has 3 N–H and O–H groups in total. The summed E-state index contributed by atoms with van der Waals surface area (Å²) < 4.78 is 7.49. The average molecular weight is 413 g/mol. The Labute approximate surface area is 177 Å². The third-order valence-corrected chi connectivity index (χ3v) is 8.32. The molecule has 0 aromatic carbocycles. The van der Waals surface area contributed by atoms with Crippen molar-refractivity contribution in [1.82, 2.24) is 15.1 Å². The Hall–Kier alpha value is -2.31. The maximum atomic E-state index is 13.1. The summed E-state index contributed by atoms with van der Waals surface area (Å²) in [6, 6.07) is 0.302. The predicted octanol–water partition coefficient (Wildman–Crippen LogP) is 2.67. The van der Waals surface area contributed by atoms with Crippen LogP contribution in [-0.2, 0) is 4.79 Å². The van der Waals surface area contributed by atoms with E-state index in [4.69, 9.17) is 10.5 Å². The van der Waals surface area contributed by atoms with E-state index in [9.17, 15) is 9.59 Å². The van der Waals surface area contributed by atoms with E-state index in [2.05, 4.69) is 24.3 Å². The fourth-order valence-electron chi connectivity index (χ4n) is 6.56. The number of nitrogens with two attached hydrogens (primary N) is 1. The second kappa shape index (κ2) is 6.34. The summed E-state index contributed by atoms with van der Waals surface area (Å²) in [6.45, 7) is 8.06. The zero-order valence-electron chi connectivity index (χ0n) is 18.2. The van der Waals surface area contributed by atoms with Crippen molar-refractivity contribution < 1.29 is 14.3 Å². The normalized spacial score (nSPS) is 35.4. The number of hydrogen-bond acceptors (Lipinski definition) is 4. The first-order valence-corrected chi connectivity index (χ1v) is 11.2. The molecule has 4 aliphatic rings. The molecule has 4 aliphatic carbocycles. The van der Waals surface area contributed by atoms with Gasteiger partial charge in [-0.1, -0.05) is 19.9 Å². The molecule has 0 saturated heterocycles. The number of aromatic nitrogens is 2. The fourth-order valence-corrected chi connectivity index (χ4v) is 6.56. The quantitative estimate of drug-likeness (QED) is 0.686. The third kappa shape index (κ3) is 2.47. The van der Waals surface area contributed by atoms with Gasteiger partial charge >= 0.3 is 0 Å². The van der Waals surface area contributed by atoms with Crippen molar-refractivity contribution in [3.8, 4) is 5.88 Å². The first-order valence-electron chi connectivity index (χ1n) is 11.2. The molecule has 1 aromatic heterocycles. The van der Waals surface area contributed by atoms with Crippen LogP contribution in [0.3, 0.4) is 0 Å². The van der Waals surface area contributed by atoms with Crippen molar-refractivity contribution >= 4 is 18.0 Å². The number of rotatable bonds is 8. The van der Waals surface area contributed by atoms with Gasteiger partial charge in [0.15, 0.2) is 0 Å². The van der Waals surface area contributed by atoms with Gasteiger partial charge in [-0.3, -0.25) is 9.59 Å². The van der Waals surface area contributed by atoms with Crippen molar-refractivity contribution in [2.75, 3.05) is 6.61 Å². The third-order valence-electron chi connectivity index (χ3n) is 8.32. The molecule has 0 aliphatic heterocycles. The van der Waals surface area contributed by atoms with E-state index in [1.165, 1.54) is 23.9 Å². The van der Waals surface area contributed by atoms with Crippen LogP contribution < -0.4 is 15.8 Å². The van der Waals surface area contributed by atoms with E-state index in [1.807, 2.05) is 0 Å². The molecular weight excluding hydrogens is 380 g/mol. The summed E-state index contributed by atoms with van der Waals surface area (Å²) in [7, 11) is 0. The van der Waals surface area contributed by atoms with E-state index < -0.39 is 11.3 Å². The van der Waals surface area contributed by atoms with Crippen LogP contribution >= 0.6 is 0 Å². The minimum absolute atomic E-state index is 0.117.